The van der Waals surface area contributed by atoms with Crippen LogP contribution >= 0.6 is 23.1 Å². The Morgan fingerprint density at radius 3 is 3.03 bits per heavy atom. The Kier molecular flexibility index (Phi) is 5.86. The van der Waals surface area contributed by atoms with E-state index in [1.807, 2.05) is 16.8 Å². The van der Waals surface area contributed by atoms with Gasteiger partial charge in [-0.15, -0.1) is 23.1 Å². The average molecular weight is 516 g/mol. The number of hydrogen-bond acceptors (Lipinski definition) is 10. The number of thioether (sulfide) groups is 1. The number of anilines is 1. The number of carbonyl (C=O) groups excluding carboxylic acids is 2. The van der Waals surface area contributed by atoms with E-state index in [4.69, 9.17) is 10.6 Å². The lowest BCUT2D eigenvalue weighted by molar-refractivity contribution is -0.687. The summed E-state index contributed by atoms with van der Waals surface area (Å²) in [6.07, 6.45) is 5.21. The third-order valence-electron chi connectivity index (χ3n) is 5.49. The molecule has 0 radical (unpaired) electrons. The molecule has 1 unspecified atom stereocenters. The maximum absolute atomic E-state index is 13.0. The molecule has 35 heavy (non-hydrogen) atoms. The zero-order chi connectivity index (χ0) is 24.7. The first-order chi connectivity index (χ1) is 16.9. The highest BCUT2D eigenvalue weighted by molar-refractivity contribution is 8.00. The van der Waals surface area contributed by atoms with E-state index >= 15 is 0 Å². The van der Waals surface area contributed by atoms with Crippen LogP contribution in [0.4, 0.5) is 5.13 Å². The van der Waals surface area contributed by atoms with Gasteiger partial charge in [0.15, 0.2) is 29.8 Å². The number of aromatic amines is 1. The number of pyridine rings is 1. The van der Waals surface area contributed by atoms with E-state index in [0.717, 1.165) is 22.4 Å². The third kappa shape index (κ3) is 4.08. The minimum absolute atomic E-state index is 0.0699. The number of aliphatic carboxylic acids is 1. The number of H-pyrrole nitrogens is 1. The van der Waals surface area contributed by atoms with E-state index in [-0.39, 0.29) is 28.8 Å². The SMILES string of the molecule is CON=C(C(=O)NC1C(=O)N2C(C(=O)O)=C(C[n+]3ccc4nc[nH]c4c3)CS[C@@H]12)c1csc(N)n1. The number of nitrogens with two attached hydrogens (primary N) is 1. The molecule has 0 saturated carbocycles. The fourth-order valence-electron chi connectivity index (χ4n) is 3.95. The lowest BCUT2D eigenvalue weighted by atomic mass is 10.0. The Hall–Kier alpha value is -3.98. The lowest BCUT2D eigenvalue weighted by Crippen LogP contribution is -2.71. The summed E-state index contributed by atoms with van der Waals surface area (Å²) in [5.41, 5.74) is 7.84. The normalized spacial score (nSPS) is 20.0. The van der Waals surface area contributed by atoms with Crippen molar-refractivity contribution >= 4 is 62.8 Å². The number of amides is 2. The second kappa shape index (κ2) is 8.99. The number of imidazole rings is 1. The highest BCUT2D eigenvalue weighted by atomic mass is 32.2. The number of aromatic nitrogens is 4. The van der Waals surface area contributed by atoms with E-state index in [2.05, 4.69) is 25.4 Å². The first-order valence-electron chi connectivity index (χ1n) is 10.2. The molecule has 5 N–H and O–H groups in total. The van der Waals surface area contributed by atoms with Crippen LogP contribution in [0.3, 0.4) is 0 Å². The minimum Gasteiger partial charge on any atom is -0.477 e. The number of fused-ring (bicyclic) bond motifs is 2. The summed E-state index contributed by atoms with van der Waals surface area (Å²) >= 11 is 2.51. The summed E-state index contributed by atoms with van der Waals surface area (Å²) in [5, 5.41) is 17.5. The summed E-state index contributed by atoms with van der Waals surface area (Å²) in [4.78, 5) is 55.2. The van der Waals surface area contributed by atoms with Crippen molar-refractivity contribution in [2.24, 2.45) is 5.16 Å². The summed E-state index contributed by atoms with van der Waals surface area (Å²) in [6.45, 7) is 0.285. The molecule has 2 aliphatic rings. The van der Waals surface area contributed by atoms with E-state index < -0.39 is 29.2 Å². The topological polar surface area (TPSA) is 180 Å². The number of β-lactam (4-membered cyclic amide) rings is 1. The van der Waals surface area contributed by atoms with Crippen molar-refractivity contribution in [2.75, 3.05) is 18.6 Å². The van der Waals surface area contributed by atoms with E-state index in [9.17, 15) is 19.5 Å². The number of carboxylic acids is 1. The quantitative estimate of drug-likeness (QED) is 0.142. The average Bonchev–Trinajstić information content (AvgIpc) is 3.48. The molecule has 2 atom stereocenters. The van der Waals surface area contributed by atoms with Crippen LogP contribution < -0.4 is 15.6 Å². The highest BCUT2D eigenvalue weighted by Gasteiger charge is 2.54. The van der Waals surface area contributed by atoms with Crippen molar-refractivity contribution in [3.8, 4) is 0 Å². The van der Waals surface area contributed by atoms with Crippen LogP contribution in [0.2, 0.25) is 0 Å². The predicted octanol–water partition coefficient (Wildman–Crippen LogP) is -0.322. The summed E-state index contributed by atoms with van der Waals surface area (Å²) < 4.78 is 1.83. The second-order valence-electron chi connectivity index (χ2n) is 7.63. The van der Waals surface area contributed by atoms with Gasteiger partial charge in [0.1, 0.15) is 40.9 Å². The summed E-state index contributed by atoms with van der Waals surface area (Å²) in [5.74, 6) is -2.02. The maximum atomic E-state index is 13.0. The van der Waals surface area contributed by atoms with Gasteiger partial charge in [0.2, 0.25) is 0 Å². The van der Waals surface area contributed by atoms with Gasteiger partial charge in [0, 0.05) is 22.8 Å². The van der Waals surface area contributed by atoms with Crippen molar-refractivity contribution in [3.63, 3.8) is 0 Å². The molecule has 2 aliphatic heterocycles. The van der Waals surface area contributed by atoms with Crippen molar-refractivity contribution in [1.82, 2.24) is 25.2 Å². The van der Waals surface area contributed by atoms with Crippen LogP contribution in [0, 0.1) is 0 Å². The second-order valence-corrected chi connectivity index (χ2v) is 9.63. The Bertz CT molecular complexity index is 1410. The fraction of sp³-hybridized carbons (Fsp3) is 0.250. The molecule has 1 fully saturated rings. The Balaban J connectivity index is 1.36. The van der Waals surface area contributed by atoms with Gasteiger partial charge in [-0.25, -0.2) is 14.8 Å². The highest BCUT2D eigenvalue weighted by Crippen LogP contribution is 2.40. The van der Waals surface area contributed by atoms with Crippen molar-refractivity contribution in [3.05, 3.63) is 47.1 Å². The van der Waals surface area contributed by atoms with Crippen molar-refractivity contribution < 1.29 is 28.9 Å². The molecule has 0 spiro atoms. The molecular weight excluding hydrogens is 496 g/mol. The Labute approximate surface area is 205 Å². The smallest absolute Gasteiger partial charge is 0.352 e. The zero-order valence-electron chi connectivity index (χ0n) is 18.2. The molecule has 3 aromatic heterocycles. The number of nitrogens with one attached hydrogen (secondary N) is 2. The van der Waals surface area contributed by atoms with E-state index in [1.165, 1.54) is 23.8 Å². The Morgan fingerprint density at radius 2 is 2.31 bits per heavy atom. The molecule has 1 saturated heterocycles. The first-order valence-corrected chi connectivity index (χ1v) is 12.2. The van der Waals surface area contributed by atoms with Crippen LogP contribution in [-0.4, -0.2) is 72.7 Å². The van der Waals surface area contributed by atoms with Crippen LogP contribution in [0.25, 0.3) is 11.0 Å². The van der Waals surface area contributed by atoms with E-state index in [0.29, 0.717) is 11.3 Å². The minimum atomic E-state index is -1.20. The van der Waals surface area contributed by atoms with Crippen LogP contribution in [0.15, 0.2) is 46.6 Å². The van der Waals surface area contributed by atoms with Gasteiger partial charge in [-0.05, 0) is 0 Å². The van der Waals surface area contributed by atoms with Gasteiger partial charge in [-0.2, -0.15) is 4.57 Å². The number of carboxylic acid groups (broad SMARTS) is 1. The van der Waals surface area contributed by atoms with Crippen LogP contribution in [0.5, 0.6) is 0 Å². The van der Waals surface area contributed by atoms with Gasteiger partial charge < -0.3 is 26.0 Å². The number of thiazole rings is 1. The Morgan fingerprint density at radius 1 is 1.49 bits per heavy atom. The molecule has 0 bridgehead atoms. The third-order valence-corrected chi connectivity index (χ3v) is 7.50. The van der Waals surface area contributed by atoms with Crippen molar-refractivity contribution in [2.45, 2.75) is 18.0 Å². The molecule has 5 heterocycles. The van der Waals surface area contributed by atoms with Crippen LogP contribution in [0.1, 0.15) is 5.69 Å². The summed E-state index contributed by atoms with van der Waals surface area (Å²) in [6, 6.07) is 0.900. The lowest BCUT2D eigenvalue weighted by Gasteiger charge is -2.49. The van der Waals surface area contributed by atoms with E-state index in [1.54, 1.807) is 17.9 Å². The van der Waals surface area contributed by atoms with Gasteiger partial charge >= 0.3 is 5.97 Å². The molecule has 13 nitrogen and oxygen atoms in total. The first kappa shape index (κ1) is 22.8. The molecule has 0 aromatic carbocycles. The monoisotopic (exact) mass is 515 g/mol. The van der Waals surface area contributed by atoms with Gasteiger partial charge in [0.25, 0.3) is 11.8 Å². The number of rotatable bonds is 7. The van der Waals surface area contributed by atoms with Crippen LogP contribution in [-0.2, 0) is 25.8 Å². The molecule has 3 aromatic rings. The van der Waals surface area contributed by atoms with Gasteiger partial charge in [0.05, 0.1) is 6.33 Å². The predicted molar refractivity (Wildman–Crippen MR) is 126 cm³/mol. The standard InChI is InChI=1S/C20H18N8O5S2/c1-33-26-13(12-7-35-20(21)24-12)16(29)25-14-17(30)28-15(19(31)32)9(6-34-18(14)28)4-27-3-2-10-11(5-27)23-8-22-10/h2-3,5,7-8,14,18H,4,6H2,1H3,(H4,21,24,25,29,31,32)/p+1/t14?,18-/m0/s1. The molecule has 2 amide bonds. The fourth-order valence-corrected chi connectivity index (χ4v) is 5.83. The maximum Gasteiger partial charge on any atom is 0.352 e. The zero-order valence-corrected chi connectivity index (χ0v) is 19.8. The van der Waals surface area contributed by atoms with Gasteiger partial charge in [-0.3, -0.25) is 14.5 Å². The molecule has 180 valence electrons. The number of nitrogen functional groups attached to an aromatic ring is 1. The number of oxime groups is 1. The molecular formula is C20H19N8O5S2+. The molecule has 0 aliphatic carbocycles. The number of nitrogens with zero attached hydrogens (tertiary/aromatic N) is 5. The summed E-state index contributed by atoms with van der Waals surface area (Å²) in [7, 11) is 1.28. The molecule has 5 rings (SSSR count). The number of carbonyl (C=O) groups is 3. The van der Waals surface area contributed by atoms with Gasteiger partial charge in [-0.1, -0.05) is 5.16 Å². The molecule has 15 heteroatoms. The largest absolute Gasteiger partial charge is 0.477 e. The van der Waals surface area contributed by atoms with Crippen molar-refractivity contribution in [1.29, 1.82) is 0 Å². The number of hydrogen-bond donors (Lipinski definition) is 4.